The molecular formula is C10H8N6O2. The van der Waals surface area contributed by atoms with E-state index in [2.05, 4.69) is 30.3 Å². The Morgan fingerprint density at radius 2 is 2.33 bits per heavy atom. The minimum Gasteiger partial charge on any atom is -0.494 e. The summed E-state index contributed by atoms with van der Waals surface area (Å²) in [5.41, 5.74) is 0.672. The molecule has 0 bridgehead atoms. The van der Waals surface area contributed by atoms with E-state index in [1.54, 1.807) is 25.6 Å². The molecule has 1 N–H and O–H groups in total. The molecule has 0 aliphatic carbocycles. The van der Waals surface area contributed by atoms with Crippen molar-refractivity contribution in [3.8, 4) is 28.9 Å². The molecule has 3 aromatic heterocycles. The minimum atomic E-state index is 0.334. The number of hydrogen-bond donors (Lipinski definition) is 1. The van der Waals surface area contributed by atoms with Crippen molar-refractivity contribution in [1.82, 2.24) is 30.3 Å². The molecule has 0 atom stereocenters. The van der Waals surface area contributed by atoms with Crippen molar-refractivity contribution in [3.63, 3.8) is 0 Å². The fourth-order valence-electron chi connectivity index (χ4n) is 1.46. The van der Waals surface area contributed by atoms with Gasteiger partial charge < -0.3 is 9.26 Å². The van der Waals surface area contributed by atoms with Gasteiger partial charge in [0.1, 0.15) is 12.1 Å². The monoisotopic (exact) mass is 244 g/mol. The fourth-order valence-corrected chi connectivity index (χ4v) is 1.46. The third-order valence-corrected chi connectivity index (χ3v) is 2.29. The summed E-state index contributed by atoms with van der Waals surface area (Å²) < 4.78 is 10.3. The Labute approximate surface area is 101 Å². The molecule has 0 aromatic carbocycles. The number of pyridine rings is 1. The molecule has 8 heteroatoms. The lowest BCUT2D eigenvalue weighted by Crippen LogP contribution is -1.89. The quantitative estimate of drug-likeness (QED) is 0.730. The Balaban J connectivity index is 2.03. The maximum atomic E-state index is 5.17. The van der Waals surface area contributed by atoms with Crippen LogP contribution in [0.25, 0.3) is 23.1 Å². The Bertz CT molecular complexity index is 648. The smallest absolute Gasteiger partial charge is 0.262 e. The van der Waals surface area contributed by atoms with Crippen molar-refractivity contribution in [2.45, 2.75) is 0 Å². The molecule has 0 saturated carbocycles. The van der Waals surface area contributed by atoms with E-state index in [0.29, 0.717) is 28.9 Å². The molecule has 3 heterocycles. The maximum absolute atomic E-state index is 5.17. The normalized spacial score (nSPS) is 10.5. The summed E-state index contributed by atoms with van der Waals surface area (Å²) in [6.07, 6.45) is 4.57. The highest BCUT2D eigenvalue weighted by atomic mass is 16.5. The summed E-state index contributed by atoms with van der Waals surface area (Å²) in [5, 5.41) is 10.2. The largest absolute Gasteiger partial charge is 0.494 e. The molecule has 0 amide bonds. The number of nitrogens with one attached hydrogen (secondary N) is 1. The molecule has 0 spiro atoms. The average Bonchev–Trinajstić information content (AvgIpc) is 3.09. The van der Waals surface area contributed by atoms with E-state index in [9.17, 15) is 0 Å². The van der Waals surface area contributed by atoms with Gasteiger partial charge in [0.15, 0.2) is 5.82 Å². The van der Waals surface area contributed by atoms with E-state index >= 15 is 0 Å². The van der Waals surface area contributed by atoms with Gasteiger partial charge in [-0.25, -0.2) is 4.98 Å². The summed E-state index contributed by atoms with van der Waals surface area (Å²) in [7, 11) is 1.55. The van der Waals surface area contributed by atoms with Gasteiger partial charge in [-0.3, -0.25) is 10.1 Å². The van der Waals surface area contributed by atoms with Crippen LogP contribution in [0.15, 0.2) is 29.3 Å². The SMILES string of the molecule is COc1cnccc1-c1nc(-c2ncn[nH]2)no1. The van der Waals surface area contributed by atoms with Gasteiger partial charge in [-0.15, -0.1) is 0 Å². The van der Waals surface area contributed by atoms with Gasteiger partial charge in [0.05, 0.1) is 18.9 Å². The molecule has 0 fully saturated rings. The molecule has 0 aliphatic heterocycles. The molecule has 8 nitrogen and oxygen atoms in total. The van der Waals surface area contributed by atoms with Crippen LogP contribution in [0.1, 0.15) is 0 Å². The summed E-state index contributed by atoms with van der Waals surface area (Å²) >= 11 is 0. The van der Waals surface area contributed by atoms with Crippen LogP contribution in [0.3, 0.4) is 0 Å². The van der Waals surface area contributed by atoms with Crippen LogP contribution in [0.5, 0.6) is 5.75 Å². The highest BCUT2D eigenvalue weighted by Gasteiger charge is 2.15. The van der Waals surface area contributed by atoms with Crippen LogP contribution in [0.4, 0.5) is 0 Å². The fraction of sp³-hybridized carbons (Fsp3) is 0.100. The summed E-state index contributed by atoms with van der Waals surface area (Å²) in [4.78, 5) is 12.1. The molecule has 0 radical (unpaired) electrons. The molecule has 3 aromatic rings. The zero-order valence-electron chi connectivity index (χ0n) is 9.36. The van der Waals surface area contributed by atoms with Gasteiger partial charge >= 0.3 is 0 Å². The molecule has 0 unspecified atom stereocenters. The van der Waals surface area contributed by atoms with E-state index < -0.39 is 0 Å². The van der Waals surface area contributed by atoms with Crippen LogP contribution >= 0.6 is 0 Å². The Hall–Kier alpha value is -2.77. The van der Waals surface area contributed by atoms with Gasteiger partial charge in [-0.2, -0.15) is 10.1 Å². The van der Waals surface area contributed by atoms with Gasteiger partial charge in [-0.05, 0) is 6.07 Å². The van der Waals surface area contributed by atoms with Crippen molar-refractivity contribution in [2.24, 2.45) is 0 Å². The van der Waals surface area contributed by atoms with Gasteiger partial charge in [0.25, 0.3) is 5.89 Å². The van der Waals surface area contributed by atoms with E-state index in [0.717, 1.165) is 0 Å². The molecular weight excluding hydrogens is 236 g/mol. The predicted molar refractivity (Wildman–Crippen MR) is 59.5 cm³/mol. The van der Waals surface area contributed by atoms with Crippen LogP contribution in [0.2, 0.25) is 0 Å². The first-order valence-electron chi connectivity index (χ1n) is 5.06. The molecule has 18 heavy (non-hydrogen) atoms. The summed E-state index contributed by atoms with van der Waals surface area (Å²) in [6.45, 7) is 0. The maximum Gasteiger partial charge on any atom is 0.262 e. The Morgan fingerprint density at radius 1 is 1.39 bits per heavy atom. The minimum absolute atomic E-state index is 0.334. The van der Waals surface area contributed by atoms with E-state index in [4.69, 9.17) is 9.26 Å². The number of rotatable bonds is 3. The molecule has 0 aliphatic rings. The van der Waals surface area contributed by atoms with Crippen LogP contribution in [-0.2, 0) is 0 Å². The zero-order valence-corrected chi connectivity index (χ0v) is 9.36. The first-order valence-corrected chi connectivity index (χ1v) is 5.06. The first-order chi connectivity index (χ1) is 8.88. The van der Waals surface area contributed by atoms with Crippen LogP contribution in [0, 0.1) is 0 Å². The lowest BCUT2D eigenvalue weighted by atomic mass is 10.2. The summed E-state index contributed by atoms with van der Waals surface area (Å²) in [5.74, 6) is 1.67. The second-order valence-electron chi connectivity index (χ2n) is 3.33. The van der Waals surface area contributed by atoms with Gasteiger partial charge in [-0.1, -0.05) is 5.16 Å². The first kappa shape index (κ1) is 10.4. The second kappa shape index (κ2) is 4.24. The van der Waals surface area contributed by atoms with Crippen molar-refractivity contribution in [3.05, 3.63) is 24.8 Å². The zero-order chi connectivity index (χ0) is 12.4. The summed E-state index contributed by atoms with van der Waals surface area (Å²) in [6, 6.07) is 1.73. The lowest BCUT2D eigenvalue weighted by molar-refractivity contribution is 0.404. The standard InChI is InChI=1S/C10H8N6O2/c1-17-7-4-11-3-2-6(7)10-14-9(16-18-10)8-12-5-13-15-8/h2-5H,1H3,(H,12,13,15). The number of hydrogen-bond acceptors (Lipinski definition) is 7. The topological polar surface area (TPSA) is 103 Å². The van der Waals surface area contributed by atoms with Gasteiger partial charge in [0.2, 0.25) is 5.82 Å². The highest BCUT2D eigenvalue weighted by Crippen LogP contribution is 2.28. The van der Waals surface area contributed by atoms with Crippen LogP contribution < -0.4 is 4.74 Å². The highest BCUT2D eigenvalue weighted by molar-refractivity contribution is 5.62. The lowest BCUT2D eigenvalue weighted by Gasteiger charge is -2.01. The molecule has 3 rings (SSSR count). The van der Waals surface area contributed by atoms with Crippen molar-refractivity contribution in [1.29, 1.82) is 0 Å². The number of ether oxygens (including phenoxy) is 1. The second-order valence-corrected chi connectivity index (χ2v) is 3.33. The van der Waals surface area contributed by atoms with Gasteiger partial charge in [0, 0.05) is 6.20 Å². The van der Waals surface area contributed by atoms with Crippen molar-refractivity contribution < 1.29 is 9.26 Å². The van der Waals surface area contributed by atoms with Crippen molar-refractivity contribution in [2.75, 3.05) is 7.11 Å². The third kappa shape index (κ3) is 1.69. The van der Waals surface area contributed by atoms with Crippen LogP contribution in [-0.4, -0.2) is 37.4 Å². The Kier molecular flexibility index (Phi) is 2.45. The van der Waals surface area contributed by atoms with E-state index in [-0.39, 0.29) is 0 Å². The number of methoxy groups -OCH3 is 1. The van der Waals surface area contributed by atoms with Crippen molar-refractivity contribution >= 4 is 0 Å². The average molecular weight is 244 g/mol. The number of aromatic nitrogens is 6. The Morgan fingerprint density at radius 3 is 3.11 bits per heavy atom. The number of H-pyrrole nitrogens is 1. The van der Waals surface area contributed by atoms with E-state index in [1.165, 1.54) is 6.33 Å². The van der Waals surface area contributed by atoms with E-state index in [1.807, 2.05) is 0 Å². The third-order valence-electron chi connectivity index (χ3n) is 2.29. The molecule has 90 valence electrons. The molecule has 0 saturated heterocycles. The number of aromatic amines is 1. The predicted octanol–water partition coefficient (Wildman–Crippen LogP) is 0.925. The number of nitrogens with zero attached hydrogens (tertiary/aromatic N) is 5.